The molecule has 0 radical (unpaired) electrons. The number of nitrogen functional groups attached to an aromatic ring is 1. The quantitative estimate of drug-likeness (QED) is 0.541. The molecule has 0 amide bonds. The summed E-state index contributed by atoms with van der Waals surface area (Å²) in [6.45, 7) is 2.07. The van der Waals surface area contributed by atoms with Crippen molar-refractivity contribution >= 4 is 16.7 Å². The molecule has 14 heavy (non-hydrogen) atoms. The molecule has 2 rings (SSSR count). The van der Waals surface area contributed by atoms with Crippen molar-refractivity contribution in [1.29, 1.82) is 0 Å². The Hall–Kier alpha value is -1.75. The van der Waals surface area contributed by atoms with Crippen LogP contribution in [0.2, 0.25) is 0 Å². The summed E-state index contributed by atoms with van der Waals surface area (Å²) in [5, 5.41) is 7.82. The van der Waals surface area contributed by atoms with E-state index in [-0.39, 0.29) is 0 Å². The van der Waals surface area contributed by atoms with Gasteiger partial charge in [-0.05, 0) is 18.1 Å². The average Bonchev–Trinajstić information content (AvgIpc) is 2.27. The normalized spacial score (nSPS) is 10.4. The summed E-state index contributed by atoms with van der Waals surface area (Å²) in [5.41, 5.74) is 5.89. The number of hydrogen-bond acceptors (Lipinski definition) is 5. The largest absolute Gasteiger partial charge is 0.321 e. The lowest BCUT2D eigenvalue weighted by Gasteiger charge is -2.03. The minimum Gasteiger partial charge on any atom is -0.321 e. The standard InChI is InChI=1S/C9H11N5/c1-2-6-3-7-9(11-4-6)8(13-10)5-12-14-7/h3-5H,2,10H2,1H3,(H,13,14). The van der Waals surface area contributed by atoms with Gasteiger partial charge in [0.25, 0.3) is 0 Å². The van der Waals surface area contributed by atoms with Crippen LogP contribution in [0.1, 0.15) is 12.5 Å². The van der Waals surface area contributed by atoms with Gasteiger partial charge in [0.15, 0.2) is 0 Å². The van der Waals surface area contributed by atoms with Gasteiger partial charge in [-0.3, -0.25) is 10.8 Å². The first-order valence-electron chi connectivity index (χ1n) is 4.42. The lowest BCUT2D eigenvalue weighted by Crippen LogP contribution is -2.08. The molecule has 0 aliphatic heterocycles. The predicted molar refractivity (Wildman–Crippen MR) is 54.5 cm³/mol. The van der Waals surface area contributed by atoms with Gasteiger partial charge in [-0.1, -0.05) is 6.92 Å². The number of nitrogens with zero attached hydrogens (tertiary/aromatic N) is 3. The Morgan fingerprint density at radius 2 is 2.29 bits per heavy atom. The number of hydrogen-bond donors (Lipinski definition) is 2. The van der Waals surface area contributed by atoms with Gasteiger partial charge in [-0.25, -0.2) is 0 Å². The highest BCUT2D eigenvalue weighted by molar-refractivity contribution is 5.86. The zero-order valence-corrected chi connectivity index (χ0v) is 7.86. The molecule has 0 bridgehead atoms. The highest BCUT2D eigenvalue weighted by atomic mass is 15.2. The molecule has 3 N–H and O–H groups in total. The van der Waals surface area contributed by atoms with Gasteiger partial charge in [0.2, 0.25) is 0 Å². The molecule has 0 aromatic carbocycles. The Kier molecular flexibility index (Phi) is 2.24. The summed E-state index contributed by atoms with van der Waals surface area (Å²) in [5.74, 6) is 5.33. The van der Waals surface area contributed by atoms with E-state index >= 15 is 0 Å². The van der Waals surface area contributed by atoms with Crippen molar-refractivity contribution in [2.45, 2.75) is 13.3 Å². The summed E-state index contributed by atoms with van der Waals surface area (Å²) in [7, 11) is 0. The Morgan fingerprint density at radius 3 is 3.00 bits per heavy atom. The number of pyridine rings is 1. The number of anilines is 1. The summed E-state index contributed by atoms with van der Waals surface area (Å²) >= 11 is 0. The molecule has 0 spiro atoms. The van der Waals surface area contributed by atoms with Crippen molar-refractivity contribution in [1.82, 2.24) is 15.2 Å². The Labute approximate surface area is 81.3 Å². The number of rotatable bonds is 2. The third-order valence-corrected chi connectivity index (χ3v) is 2.10. The molecule has 0 saturated heterocycles. The van der Waals surface area contributed by atoms with Gasteiger partial charge < -0.3 is 5.43 Å². The molecule has 2 aromatic heterocycles. The van der Waals surface area contributed by atoms with E-state index in [0.29, 0.717) is 5.69 Å². The van der Waals surface area contributed by atoms with Gasteiger partial charge in [0.05, 0.1) is 11.9 Å². The minimum absolute atomic E-state index is 0.692. The second kappa shape index (κ2) is 3.55. The molecule has 2 heterocycles. The van der Waals surface area contributed by atoms with Crippen molar-refractivity contribution in [3.05, 3.63) is 24.0 Å². The van der Waals surface area contributed by atoms with Crippen LogP contribution in [0, 0.1) is 0 Å². The first-order chi connectivity index (χ1) is 6.85. The van der Waals surface area contributed by atoms with Crippen molar-refractivity contribution in [3.8, 4) is 0 Å². The second-order valence-corrected chi connectivity index (χ2v) is 2.97. The lowest BCUT2D eigenvalue weighted by atomic mass is 10.2. The number of fused-ring (bicyclic) bond motifs is 1. The van der Waals surface area contributed by atoms with Gasteiger partial charge in [-0.2, -0.15) is 5.10 Å². The van der Waals surface area contributed by atoms with Crippen LogP contribution in [0.3, 0.4) is 0 Å². The van der Waals surface area contributed by atoms with Crippen LogP contribution >= 0.6 is 0 Å². The summed E-state index contributed by atoms with van der Waals surface area (Å²) in [6, 6.07) is 1.97. The third kappa shape index (κ3) is 1.38. The second-order valence-electron chi connectivity index (χ2n) is 2.97. The molecule has 5 heteroatoms. The maximum absolute atomic E-state index is 5.33. The SMILES string of the molecule is CCc1cnc2c(NN)cnnc2c1. The minimum atomic E-state index is 0.692. The number of aryl methyl sites for hydroxylation is 1. The molecule has 0 unspecified atom stereocenters. The van der Waals surface area contributed by atoms with Crippen LogP contribution < -0.4 is 11.3 Å². The van der Waals surface area contributed by atoms with Crippen LogP contribution in [0.15, 0.2) is 18.5 Å². The van der Waals surface area contributed by atoms with Gasteiger partial charge >= 0.3 is 0 Å². The molecular weight excluding hydrogens is 178 g/mol. The molecular formula is C9H11N5. The van der Waals surface area contributed by atoms with Crippen LogP contribution in [0.5, 0.6) is 0 Å². The zero-order chi connectivity index (χ0) is 9.97. The fourth-order valence-corrected chi connectivity index (χ4v) is 1.29. The first-order valence-corrected chi connectivity index (χ1v) is 4.42. The van der Waals surface area contributed by atoms with Crippen LogP contribution in [0.4, 0.5) is 5.69 Å². The van der Waals surface area contributed by atoms with E-state index in [1.807, 2.05) is 12.3 Å². The van der Waals surface area contributed by atoms with Crippen molar-refractivity contribution in [2.24, 2.45) is 5.84 Å². The fraction of sp³-hybridized carbons (Fsp3) is 0.222. The van der Waals surface area contributed by atoms with Crippen molar-refractivity contribution in [3.63, 3.8) is 0 Å². The van der Waals surface area contributed by atoms with E-state index in [2.05, 4.69) is 27.5 Å². The maximum atomic E-state index is 5.33. The number of nitrogens with one attached hydrogen (secondary N) is 1. The van der Waals surface area contributed by atoms with E-state index < -0.39 is 0 Å². The van der Waals surface area contributed by atoms with Gasteiger partial charge in [0, 0.05) is 6.20 Å². The van der Waals surface area contributed by atoms with Gasteiger partial charge in [0.1, 0.15) is 11.0 Å². The van der Waals surface area contributed by atoms with E-state index in [1.54, 1.807) is 6.20 Å². The number of hydrazine groups is 1. The molecule has 0 atom stereocenters. The van der Waals surface area contributed by atoms with E-state index in [0.717, 1.165) is 23.0 Å². The first kappa shape index (κ1) is 8.83. The smallest absolute Gasteiger partial charge is 0.117 e. The molecule has 0 saturated carbocycles. The van der Waals surface area contributed by atoms with Crippen LogP contribution in [0.25, 0.3) is 11.0 Å². The summed E-state index contributed by atoms with van der Waals surface area (Å²) < 4.78 is 0. The van der Waals surface area contributed by atoms with E-state index in [9.17, 15) is 0 Å². The highest BCUT2D eigenvalue weighted by Crippen LogP contribution is 2.17. The van der Waals surface area contributed by atoms with Crippen molar-refractivity contribution in [2.75, 3.05) is 5.43 Å². The zero-order valence-electron chi connectivity index (χ0n) is 7.86. The molecule has 0 fully saturated rings. The monoisotopic (exact) mass is 189 g/mol. The topological polar surface area (TPSA) is 76.7 Å². The van der Waals surface area contributed by atoms with E-state index in [1.165, 1.54) is 0 Å². The van der Waals surface area contributed by atoms with E-state index in [4.69, 9.17) is 5.84 Å². The predicted octanol–water partition coefficient (Wildman–Crippen LogP) is 0.873. The number of nitrogens with two attached hydrogens (primary N) is 1. The summed E-state index contributed by atoms with van der Waals surface area (Å²) in [6.07, 6.45) is 4.32. The Balaban J connectivity index is 2.67. The Morgan fingerprint density at radius 1 is 1.43 bits per heavy atom. The maximum Gasteiger partial charge on any atom is 0.117 e. The summed E-state index contributed by atoms with van der Waals surface area (Å²) in [4.78, 5) is 4.28. The van der Waals surface area contributed by atoms with Crippen LogP contribution in [-0.4, -0.2) is 15.2 Å². The lowest BCUT2D eigenvalue weighted by molar-refractivity contribution is 1.05. The molecule has 2 aromatic rings. The van der Waals surface area contributed by atoms with Crippen molar-refractivity contribution < 1.29 is 0 Å². The molecule has 72 valence electrons. The molecule has 5 nitrogen and oxygen atoms in total. The van der Waals surface area contributed by atoms with Gasteiger partial charge in [-0.15, -0.1) is 5.10 Å². The highest BCUT2D eigenvalue weighted by Gasteiger charge is 2.03. The molecule has 0 aliphatic rings. The third-order valence-electron chi connectivity index (χ3n) is 2.10. The molecule has 0 aliphatic carbocycles. The van der Waals surface area contributed by atoms with Crippen LogP contribution in [-0.2, 0) is 6.42 Å². The Bertz CT molecular complexity index is 454. The fourth-order valence-electron chi connectivity index (χ4n) is 1.29. The number of aromatic nitrogens is 3. The average molecular weight is 189 g/mol.